The third kappa shape index (κ3) is 2.11. The highest BCUT2D eigenvalue weighted by Crippen LogP contribution is 2.16. The molecule has 0 aliphatic heterocycles. The van der Waals surface area contributed by atoms with Gasteiger partial charge >= 0.3 is 0 Å². The third-order valence-corrected chi connectivity index (χ3v) is 2.10. The van der Waals surface area contributed by atoms with Crippen LogP contribution in [0.4, 0.5) is 0 Å². The first-order valence-electron chi connectivity index (χ1n) is 4.74. The smallest absolute Gasteiger partial charge is 0.0184 e. The van der Waals surface area contributed by atoms with Gasteiger partial charge in [-0.15, -0.1) is 0 Å². The lowest BCUT2D eigenvalue weighted by molar-refractivity contribution is 1.61. The van der Waals surface area contributed by atoms with E-state index in [9.17, 15) is 0 Å². The van der Waals surface area contributed by atoms with Gasteiger partial charge in [-0.25, -0.2) is 0 Å². The minimum atomic E-state index is 1.24. The third-order valence-electron chi connectivity index (χ3n) is 2.10. The van der Waals surface area contributed by atoms with Gasteiger partial charge in [0.05, 0.1) is 0 Å². The highest BCUT2D eigenvalue weighted by Gasteiger charge is 1.94. The molecule has 0 bridgehead atoms. The Hall–Kier alpha value is -1.82. The Bertz CT molecular complexity index is 403. The largest absolute Gasteiger partial charge is 0.0623 e. The highest BCUT2D eigenvalue weighted by atomic mass is 14.0. The Kier molecular flexibility index (Phi) is 2.77. The Morgan fingerprint density at radius 3 is 2.21 bits per heavy atom. The van der Waals surface area contributed by atoms with E-state index in [0.717, 1.165) is 0 Å². The zero-order chi connectivity index (χ0) is 9.64. The van der Waals surface area contributed by atoms with E-state index in [0.29, 0.717) is 0 Å². The van der Waals surface area contributed by atoms with Gasteiger partial charge in [0, 0.05) is 0 Å². The molecule has 68 valence electrons. The molecule has 14 heavy (non-hydrogen) atoms. The number of hydrogen-bond acceptors (Lipinski definition) is 0. The van der Waals surface area contributed by atoms with Crippen LogP contribution >= 0.6 is 0 Å². The highest BCUT2D eigenvalue weighted by molar-refractivity contribution is 5.75. The molecule has 0 fully saturated rings. The molecule has 1 aliphatic rings. The lowest BCUT2D eigenvalue weighted by atomic mass is 10.0. The SMILES string of the molecule is C1=CC=CC(c2ccccc2)=CC=C1. The van der Waals surface area contributed by atoms with Gasteiger partial charge in [0.15, 0.2) is 0 Å². The Morgan fingerprint density at radius 2 is 1.36 bits per heavy atom. The van der Waals surface area contributed by atoms with Gasteiger partial charge < -0.3 is 0 Å². The van der Waals surface area contributed by atoms with E-state index in [1.54, 1.807) is 0 Å². The second-order valence-electron chi connectivity index (χ2n) is 3.12. The van der Waals surface area contributed by atoms with Gasteiger partial charge in [0.1, 0.15) is 0 Å². The van der Waals surface area contributed by atoms with Crippen LogP contribution in [0.15, 0.2) is 72.9 Å². The molecule has 0 amide bonds. The van der Waals surface area contributed by atoms with Crippen molar-refractivity contribution in [3.63, 3.8) is 0 Å². The monoisotopic (exact) mass is 180 g/mol. The van der Waals surface area contributed by atoms with Crippen LogP contribution in [0, 0.1) is 0 Å². The van der Waals surface area contributed by atoms with Crippen molar-refractivity contribution in [1.29, 1.82) is 0 Å². The Labute approximate surface area is 84.6 Å². The van der Waals surface area contributed by atoms with Gasteiger partial charge in [-0.2, -0.15) is 0 Å². The Balaban J connectivity index is 2.35. The van der Waals surface area contributed by atoms with E-state index in [4.69, 9.17) is 0 Å². The van der Waals surface area contributed by atoms with Crippen molar-refractivity contribution in [2.45, 2.75) is 0 Å². The number of benzene rings is 1. The molecule has 0 heteroatoms. The van der Waals surface area contributed by atoms with Gasteiger partial charge in [-0.05, 0) is 11.1 Å². The van der Waals surface area contributed by atoms with Crippen LogP contribution in [-0.2, 0) is 0 Å². The normalized spacial score (nSPS) is 14.7. The summed E-state index contributed by atoms with van der Waals surface area (Å²) in [6.07, 6.45) is 14.4. The average Bonchev–Trinajstić information content (AvgIpc) is 2.18. The van der Waals surface area contributed by atoms with Crippen molar-refractivity contribution in [3.8, 4) is 0 Å². The summed E-state index contributed by atoms with van der Waals surface area (Å²) < 4.78 is 0. The van der Waals surface area contributed by atoms with Crippen LogP contribution < -0.4 is 0 Å². The van der Waals surface area contributed by atoms with Gasteiger partial charge in [-0.3, -0.25) is 0 Å². The Morgan fingerprint density at radius 1 is 0.643 bits per heavy atom. The van der Waals surface area contributed by atoms with E-state index in [1.807, 2.05) is 24.3 Å². The van der Waals surface area contributed by atoms with E-state index in [2.05, 4.69) is 48.6 Å². The van der Waals surface area contributed by atoms with E-state index < -0.39 is 0 Å². The topological polar surface area (TPSA) is 0 Å². The molecule has 1 aromatic carbocycles. The standard InChI is InChI=1S/C14H12/c1-2-5-9-13(10-6-3-1)14-11-7-4-8-12-14/h1-12H. The summed E-state index contributed by atoms with van der Waals surface area (Å²) in [6.45, 7) is 0. The average molecular weight is 180 g/mol. The summed E-state index contributed by atoms with van der Waals surface area (Å²) in [7, 11) is 0. The maximum atomic E-state index is 2.12. The summed E-state index contributed by atoms with van der Waals surface area (Å²) in [5, 5.41) is 0. The maximum absolute atomic E-state index is 2.12. The lowest BCUT2D eigenvalue weighted by Gasteiger charge is -2.01. The van der Waals surface area contributed by atoms with Crippen LogP contribution in [-0.4, -0.2) is 0 Å². The molecule has 0 spiro atoms. The van der Waals surface area contributed by atoms with Gasteiger partial charge in [0.25, 0.3) is 0 Å². The molecule has 0 nitrogen and oxygen atoms in total. The second kappa shape index (κ2) is 4.43. The fourth-order valence-electron chi connectivity index (χ4n) is 1.39. The van der Waals surface area contributed by atoms with Crippen LogP contribution in [0.2, 0.25) is 0 Å². The molecule has 0 saturated heterocycles. The van der Waals surface area contributed by atoms with Crippen molar-refractivity contribution < 1.29 is 0 Å². The van der Waals surface area contributed by atoms with E-state index >= 15 is 0 Å². The molecule has 1 aromatic rings. The van der Waals surface area contributed by atoms with Crippen LogP contribution in [0.5, 0.6) is 0 Å². The molecule has 0 radical (unpaired) electrons. The first-order valence-corrected chi connectivity index (χ1v) is 4.74. The first kappa shape index (κ1) is 8.76. The molecule has 0 atom stereocenters. The van der Waals surface area contributed by atoms with E-state index in [-0.39, 0.29) is 0 Å². The van der Waals surface area contributed by atoms with Crippen molar-refractivity contribution >= 4 is 5.57 Å². The molecule has 0 saturated carbocycles. The zero-order valence-electron chi connectivity index (χ0n) is 7.93. The van der Waals surface area contributed by atoms with Crippen LogP contribution in [0.1, 0.15) is 5.56 Å². The summed E-state index contributed by atoms with van der Waals surface area (Å²) >= 11 is 0. The first-order chi connectivity index (χ1) is 6.97. The van der Waals surface area contributed by atoms with Crippen molar-refractivity contribution in [2.75, 3.05) is 0 Å². The molecule has 0 unspecified atom stereocenters. The number of allylic oxidation sites excluding steroid dienone is 8. The maximum Gasteiger partial charge on any atom is -0.0184 e. The second-order valence-corrected chi connectivity index (χ2v) is 3.12. The summed E-state index contributed by atoms with van der Waals surface area (Å²) in [5.41, 5.74) is 2.50. The van der Waals surface area contributed by atoms with Gasteiger partial charge in [-0.1, -0.05) is 72.9 Å². The summed E-state index contributed by atoms with van der Waals surface area (Å²) in [6, 6.07) is 10.4. The number of hydrogen-bond donors (Lipinski definition) is 0. The van der Waals surface area contributed by atoms with Crippen molar-refractivity contribution in [3.05, 3.63) is 78.4 Å². The zero-order valence-corrected chi connectivity index (χ0v) is 7.93. The van der Waals surface area contributed by atoms with E-state index in [1.165, 1.54) is 11.1 Å². The van der Waals surface area contributed by atoms with Crippen LogP contribution in [0.25, 0.3) is 5.57 Å². The summed E-state index contributed by atoms with van der Waals surface area (Å²) in [4.78, 5) is 0. The molecular weight excluding hydrogens is 168 g/mol. The van der Waals surface area contributed by atoms with Crippen molar-refractivity contribution in [1.82, 2.24) is 0 Å². The predicted octanol–water partition coefficient (Wildman–Crippen LogP) is 3.75. The fraction of sp³-hybridized carbons (Fsp3) is 0. The molecule has 0 aromatic heterocycles. The molecular formula is C14H12. The molecule has 1 aliphatic carbocycles. The number of rotatable bonds is 1. The quantitative estimate of drug-likeness (QED) is 0.617. The minimum absolute atomic E-state index is 1.24. The predicted molar refractivity (Wildman–Crippen MR) is 61.8 cm³/mol. The molecule has 0 N–H and O–H groups in total. The molecule has 2 rings (SSSR count). The minimum Gasteiger partial charge on any atom is -0.0623 e. The summed E-state index contributed by atoms with van der Waals surface area (Å²) in [5.74, 6) is 0. The van der Waals surface area contributed by atoms with Crippen molar-refractivity contribution in [2.24, 2.45) is 0 Å². The fourth-order valence-corrected chi connectivity index (χ4v) is 1.39. The molecule has 0 heterocycles. The van der Waals surface area contributed by atoms with Crippen LogP contribution in [0.3, 0.4) is 0 Å². The van der Waals surface area contributed by atoms with Gasteiger partial charge in [0.2, 0.25) is 0 Å². The lowest BCUT2D eigenvalue weighted by Crippen LogP contribution is -1.79.